The quantitative estimate of drug-likeness (QED) is 0.759. The lowest BCUT2D eigenvalue weighted by molar-refractivity contribution is -0.122. The van der Waals surface area contributed by atoms with Crippen LogP contribution in [-0.4, -0.2) is 34.5 Å². The number of aromatic nitrogens is 1. The van der Waals surface area contributed by atoms with Crippen LogP contribution in [0.2, 0.25) is 0 Å². The largest absolute Gasteiger partial charge is 0.342 e. The van der Waals surface area contributed by atoms with Crippen LogP contribution in [0.1, 0.15) is 26.7 Å². The lowest BCUT2D eigenvalue weighted by atomic mass is 10.3. The van der Waals surface area contributed by atoms with Crippen molar-refractivity contribution in [3.05, 3.63) is 34.6 Å². The second-order valence-corrected chi connectivity index (χ2v) is 6.37. The highest BCUT2D eigenvalue weighted by atomic mass is 32.1. The highest BCUT2D eigenvalue weighted by Crippen LogP contribution is 2.15. The SMILES string of the molecule is CCCN(CCC)CNC(=O)Cn1sc2ccccc2c1=O. The number of hydrogen-bond acceptors (Lipinski definition) is 4. The number of nitrogens with zero attached hydrogens (tertiary/aromatic N) is 2. The zero-order chi connectivity index (χ0) is 15.9. The maximum atomic E-state index is 12.2. The summed E-state index contributed by atoms with van der Waals surface area (Å²) in [5.74, 6) is -0.120. The molecule has 0 atom stereocenters. The molecule has 5 nitrogen and oxygen atoms in total. The smallest absolute Gasteiger partial charge is 0.268 e. The van der Waals surface area contributed by atoms with Crippen LogP contribution in [0, 0.1) is 0 Å². The van der Waals surface area contributed by atoms with Gasteiger partial charge in [0.05, 0.1) is 16.8 Å². The molecule has 0 spiro atoms. The van der Waals surface area contributed by atoms with Gasteiger partial charge in [0.2, 0.25) is 5.91 Å². The molecule has 120 valence electrons. The van der Waals surface area contributed by atoms with Crippen molar-refractivity contribution in [2.24, 2.45) is 0 Å². The fourth-order valence-electron chi connectivity index (χ4n) is 2.41. The molecule has 1 heterocycles. The topological polar surface area (TPSA) is 54.3 Å². The summed E-state index contributed by atoms with van der Waals surface area (Å²) in [5, 5.41) is 3.59. The number of carbonyl (C=O) groups excluding carboxylic acids is 1. The third-order valence-electron chi connectivity index (χ3n) is 3.42. The molecule has 0 aliphatic rings. The summed E-state index contributed by atoms with van der Waals surface area (Å²) in [6.07, 6.45) is 2.12. The number of hydrogen-bond donors (Lipinski definition) is 1. The van der Waals surface area contributed by atoms with E-state index < -0.39 is 0 Å². The third kappa shape index (κ3) is 4.18. The molecule has 0 saturated heterocycles. The van der Waals surface area contributed by atoms with Gasteiger partial charge in [-0.2, -0.15) is 0 Å². The van der Waals surface area contributed by atoms with Gasteiger partial charge in [-0.15, -0.1) is 0 Å². The first kappa shape index (κ1) is 16.7. The lowest BCUT2D eigenvalue weighted by Gasteiger charge is -2.21. The Morgan fingerprint density at radius 1 is 1.23 bits per heavy atom. The summed E-state index contributed by atoms with van der Waals surface area (Å²) in [4.78, 5) is 26.5. The van der Waals surface area contributed by atoms with Crippen LogP contribution in [0.15, 0.2) is 29.1 Å². The molecule has 0 unspecified atom stereocenters. The number of rotatable bonds is 8. The van der Waals surface area contributed by atoms with Crippen molar-refractivity contribution >= 4 is 27.5 Å². The molecule has 1 aromatic heterocycles. The summed E-state index contributed by atoms with van der Waals surface area (Å²) < 4.78 is 2.43. The highest BCUT2D eigenvalue weighted by molar-refractivity contribution is 7.13. The van der Waals surface area contributed by atoms with Gasteiger partial charge in [0, 0.05) is 0 Å². The molecule has 22 heavy (non-hydrogen) atoms. The monoisotopic (exact) mass is 321 g/mol. The van der Waals surface area contributed by atoms with Crippen molar-refractivity contribution in [1.29, 1.82) is 0 Å². The Balaban J connectivity index is 1.96. The van der Waals surface area contributed by atoms with Gasteiger partial charge in [-0.25, -0.2) is 0 Å². The molecule has 1 aromatic carbocycles. The zero-order valence-corrected chi connectivity index (χ0v) is 14.0. The van der Waals surface area contributed by atoms with E-state index >= 15 is 0 Å². The van der Waals surface area contributed by atoms with E-state index in [1.54, 1.807) is 6.07 Å². The molecule has 2 rings (SSSR count). The van der Waals surface area contributed by atoms with Crippen LogP contribution in [0.4, 0.5) is 0 Å². The fourth-order valence-corrected chi connectivity index (χ4v) is 3.40. The second-order valence-electron chi connectivity index (χ2n) is 5.31. The van der Waals surface area contributed by atoms with Gasteiger partial charge in [-0.1, -0.05) is 37.5 Å². The highest BCUT2D eigenvalue weighted by Gasteiger charge is 2.11. The van der Waals surface area contributed by atoms with E-state index in [1.165, 1.54) is 15.5 Å². The van der Waals surface area contributed by atoms with Crippen LogP contribution in [0.25, 0.3) is 10.1 Å². The second kappa shape index (κ2) is 8.10. The van der Waals surface area contributed by atoms with Crippen molar-refractivity contribution in [1.82, 2.24) is 14.2 Å². The van der Waals surface area contributed by atoms with Gasteiger partial charge in [0.15, 0.2) is 0 Å². The Labute approximate surface area is 134 Å². The van der Waals surface area contributed by atoms with Gasteiger partial charge in [0.25, 0.3) is 5.56 Å². The molecule has 0 fully saturated rings. The first-order valence-electron chi connectivity index (χ1n) is 7.73. The van der Waals surface area contributed by atoms with Crippen LogP contribution in [0.5, 0.6) is 0 Å². The van der Waals surface area contributed by atoms with Crippen molar-refractivity contribution in [3.63, 3.8) is 0 Å². The average molecular weight is 321 g/mol. The van der Waals surface area contributed by atoms with E-state index in [0.717, 1.165) is 30.6 Å². The molecule has 1 N–H and O–H groups in total. The van der Waals surface area contributed by atoms with E-state index in [-0.39, 0.29) is 18.0 Å². The first-order chi connectivity index (χ1) is 10.7. The molecule has 1 amide bonds. The predicted molar refractivity (Wildman–Crippen MR) is 91.2 cm³/mol. The molecule has 0 aliphatic heterocycles. The normalized spacial score (nSPS) is 11.2. The Bertz CT molecular complexity index is 671. The van der Waals surface area contributed by atoms with E-state index in [2.05, 4.69) is 24.1 Å². The van der Waals surface area contributed by atoms with E-state index in [4.69, 9.17) is 0 Å². The molecule has 6 heteroatoms. The summed E-state index contributed by atoms with van der Waals surface area (Å²) >= 11 is 1.34. The van der Waals surface area contributed by atoms with Gasteiger partial charge in [-0.05, 0) is 38.1 Å². The van der Waals surface area contributed by atoms with Crippen molar-refractivity contribution in [3.8, 4) is 0 Å². The minimum Gasteiger partial charge on any atom is -0.342 e. The van der Waals surface area contributed by atoms with E-state index in [1.807, 2.05) is 18.2 Å². The Kier molecular flexibility index (Phi) is 6.15. The summed E-state index contributed by atoms with van der Waals surface area (Å²) in [6, 6.07) is 7.44. The number of carbonyl (C=O) groups is 1. The van der Waals surface area contributed by atoms with Crippen LogP contribution >= 0.6 is 11.5 Å². The minimum absolute atomic E-state index is 0.0876. The maximum absolute atomic E-state index is 12.2. The fraction of sp³-hybridized carbons (Fsp3) is 0.500. The Morgan fingerprint density at radius 2 is 1.91 bits per heavy atom. The van der Waals surface area contributed by atoms with Gasteiger partial charge in [0.1, 0.15) is 6.54 Å². The van der Waals surface area contributed by atoms with Crippen LogP contribution in [0.3, 0.4) is 0 Å². The molecule has 0 bridgehead atoms. The van der Waals surface area contributed by atoms with Gasteiger partial charge >= 0.3 is 0 Å². The number of benzene rings is 1. The molecule has 0 aliphatic carbocycles. The van der Waals surface area contributed by atoms with Crippen LogP contribution in [-0.2, 0) is 11.3 Å². The summed E-state index contributed by atoms with van der Waals surface area (Å²) in [6.45, 7) is 6.82. The minimum atomic E-state index is -0.120. The van der Waals surface area contributed by atoms with Crippen molar-refractivity contribution in [2.75, 3.05) is 19.8 Å². The number of nitrogens with one attached hydrogen (secondary N) is 1. The average Bonchev–Trinajstić information content (AvgIpc) is 2.82. The molecule has 0 saturated carbocycles. The standard InChI is InChI=1S/C16H23N3O2S/c1-3-9-18(10-4-2)12-17-15(20)11-19-16(21)13-7-5-6-8-14(13)22-19/h5-8H,3-4,9-12H2,1-2H3,(H,17,20). The van der Waals surface area contributed by atoms with Crippen molar-refractivity contribution < 1.29 is 4.79 Å². The van der Waals surface area contributed by atoms with Gasteiger partial charge in [-0.3, -0.25) is 18.4 Å². The molecule has 2 aromatic rings. The predicted octanol–water partition coefficient (Wildman–Crippen LogP) is 2.26. The van der Waals surface area contributed by atoms with Gasteiger partial charge < -0.3 is 5.32 Å². The number of fused-ring (bicyclic) bond motifs is 1. The van der Waals surface area contributed by atoms with Crippen LogP contribution < -0.4 is 10.9 Å². The molecular formula is C16H23N3O2S. The van der Waals surface area contributed by atoms with Crippen molar-refractivity contribution in [2.45, 2.75) is 33.2 Å². The zero-order valence-electron chi connectivity index (χ0n) is 13.2. The Hall–Kier alpha value is -1.66. The molecular weight excluding hydrogens is 298 g/mol. The molecule has 0 radical (unpaired) electrons. The first-order valence-corrected chi connectivity index (χ1v) is 8.51. The maximum Gasteiger partial charge on any atom is 0.268 e. The van der Waals surface area contributed by atoms with E-state index in [0.29, 0.717) is 12.1 Å². The lowest BCUT2D eigenvalue weighted by Crippen LogP contribution is -2.40. The number of amides is 1. The summed E-state index contributed by atoms with van der Waals surface area (Å²) in [7, 11) is 0. The van der Waals surface area contributed by atoms with E-state index in [9.17, 15) is 9.59 Å². The third-order valence-corrected chi connectivity index (χ3v) is 4.49. The summed E-state index contributed by atoms with van der Waals surface area (Å²) in [5.41, 5.74) is -0.0882. The Morgan fingerprint density at radius 3 is 2.55 bits per heavy atom.